The molecule has 0 aliphatic carbocycles. The van der Waals surface area contributed by atoms with Crippen LogP contribution in [-0.2, 0) is 0 Å². The van der Waals surface area contributed by atoms with Gasteiger partial charge >= 0.3 is 0 Å². The highest BCUT2D eigenvalue weighted by molar-refractivity contribution is 5.75. The molecule has 2 N–H and O–H groups in total. The summed E-state index contributed by atoms with van der Waals surface area (Å²) in [6.07, 6.45) is 0.791. The van der Waals surface area contributed by atoms with Crippen LogP contribution < -0.4 is 5.73 Å². The Kier molecular flexibility index (Phi) is 3.19. The zero-order valence-electron chi connectivity index (χ0n) is 4.87. The molecular formula is C8H11NO. The van der Waals surface area contributed by atoms with E-state index in [0.717, 1.165) is 6.29 Å². The van der Waals surface area contributed by atoms with E-state index in [1.165, 1.54) is 0 Å². The van der Waals surface area contributed by atoms with Crippen LogP contribution in [0.2, 0.25) is 0 Å². The lowest BCUT2D eigenvalue weighted by Gasteiger charge is -1.89. The predicted octanol–water partition coefficient (Wildman–Crippen LogP) is 1.72. The van der Waals surface area contributed by atoms with Crippen molar-refractivity contribution in [3.05, 3.63) is 29.8 Å². The lowest BCUT2D eigenvalue weighted by Crippen LogP contribution is -1.84. The van der Waals surface area contributed by atoms with Crippen LogP contribution in [0.25, 0.3) is 0 Å². The Balaban J connectivity index is 0.000000810. The van der Waals surface area contributed by atoms with Crippen molar-refractivity contribution in [2.45, 2.75) is 7.43 Å². The summed E-state index contributed by atoms with van der Waals surface area (Å²) in [7, 11) is 0. The van der Waals surface area contributed by atoms with Crippen molar-refractivity contribution in [1.29, 1.82) is 0 Å². The topological polar surface area (TPSA) is 43.1 Å². The summed E-state index contributed by atoms with van der Waals surface area (Å²) in [4.78, 5) is 10.1. The molecule has 0 bridgehead atoms. The van der Waals surface area contributed by atoms with Gasteiger partial charge < -0.3 is 5.73 Å². The van der Waals surface area contributed by atoms with Gasteiger partial charge in [-0.05, 0) is 24.3 Å². The van der Waals surface area contributed by atoms with Gasteiger partial charge in [-0.1, -0.05) is 7.43 Å². The quantitative estimate of drug-likeness (QED) is 0.473. The minimum Gasteiger partial charge on any atom is -0.399 e. The zero-order valence-corrected chi connectivity index (χ0v) is 4.87. The van der Waals surface area contributed by atoms with E-state index in [1.54, 1.807) is 24.3 Å². The average Bonchev–Trinajstić information content (AvgIpc) is 1.90. The van der Waals surface area contributed by atoms with Crippen LogP contribution in [0.4, 0.5) is 5.69 Å². The number of carbonyl (C=O) groups excluding carboxylic acids is 1. The predicted molar refractivity (Wildman–Crippen MR) is 43.0 cm³/mol. The third-order valence-corrected chi connectivity index (χ3v) is 1.07. The van der Waals surface area contributed by atoms with E-state index >= 15 is 0 Å². The second-order valence-corrected chi connectivity index (χ2v) is 1.78. The maximum atomic E-state index is 10.1. The molecule has 0 amide bonds. The number of nitrogen functional groups attached to an aromatic ring is 1. The van der Waals surface area contributed by atoms with Gasteiger partial charge in [-0.15, -0.1) is 0 Å². The number of anilines is 1. The van der Waals surface area contributed by atoms with Crippen molar-refractivity contribution in [2.24, 2.45) is 0 Å². The number of rotatable bonds is 1. The second kappa shape index (κ2) is 3.67. The first-order chi connectivity index (χ1) is 4.33. The van der Waals surface area contributed by atoms with E-state index in [9.17, 15) is 4.79 Å². The van der Waals surface area contributed by atoms with Crippen LogP contribution in [0.3, 0.4) is 0 Å². The Morgan fingerprint density at radius 2 is 1.70 bits per heavy atom. The molecule has 0 radical (unpaired) electrons. The highest BCUT2D eigenvalue weighted by Crippen LogP contribution is 2.01. The molecule has 1 aromatic carbocycles. The fraction of sp³-hybridized carbons (Fsp3) is 0.125. The van der Waals surface area contributed by atoms with Gasteiger partial charge in [0.15, 0.2) is 0 Å². The summed E-state index contributed by atoms with van der Waals surface area (Å²) in [5, 5.41) is 0. The smallest absolute Gasteiger partial charge is 0.150 e. The molecule has 2 nitrogen and oxygen atoms in total. The largest absolute Gasteiger partial charge is 0.399 e. The summed E-state index contributed by atoms with van der Waals surface area (Å²) >= 11 is 0. The molecule has 0 aromatic heterocycles. The van der Waals surface area contributed by atoms with Crippen LogP contribution in [-0.4, -0.2) is 6.29 Å². The third-order valence-electron chi connectivity index (χ3n) is 1.07. The zero-order chi connectivity index (χ0) is 6.69. The Morgan fingerprint density at radius 1 is 1.20 bits per heavy atom. The van der Waals surface area contributed by atoms with Gasteiger partial charge in [-0.3, -0.25) is 4.79 Å². The van der Waals surface area contributed by atoms with E-state index in [-0.39, 0.29) is 7.43 Å². The normalized spacial score (nSPS) is 8.00. The van der Waals surface area contributed by atoms with Crippen molar-refractivity contribution >= 4 is 12.0 Å². The Morgan fingerprint density at radius 3 is 2.10 bits per heavy atom. The fourth-order valence-electron chi connectivity index (χ4n) is 0.575. The van der Waals surface area contributed by atoms with Gasteiger partial charge in [0.2, 0.25) is 0 Å². The van der Waals surface area contributed by atoms with Crippen LogP contribution >= 0.6 is 0 Å². The van der Waals surface area contributed by atoms with Crippen molar-refractivity contribution < 1.29 is 4.79 Å². The molecule has 0 atom stereocenters. The lowest BCUT2D eigenvalue weighted by atomic mass is 10.2. The fourth-order valence-corrected chi connectivity index (χ4v) is 0.575. The van der Waals surface area contributed by atoms with Gasteiger partial charge in [0, 0.05) is 11.3 Å². The van der Waals surface area contributed by atoms with Crippen molar-refractivity contribution in [3.8, 4) is 0 Å². The molecule has 0 spiro atoms. The van der Waals surface area contributed by atoms with Crippen LogP contribution in [0.15, 0.2) is 24.3 Å². The first-order valence-corrected chi connectivity index (χ1v) is 2.63. The highest BCUT2D eigenvalue weighted by Gasteiger charge is 1.85. The van der Waals surface area contributed by atoms with Gasteiger partial charge in [0.05, 0.1) is 0 Å². The first kappa shape index (κ1) is 8.69. The van der Waals surface area contributed by atoms with Crippen molar-refractivity contribution in [2.75, 3.05) is 5.73 Å². The number of nitrogens with two attached hydrogens (primary N) is 1. The Labute approximate surface area is 60.7 Å². The average molecular weight is 137 g/mol. The molecule has 0 aliphatic heterocycles. The molecule has 54 valence electrons. The maximum absolute atomic E-state index is 10.1. The molecule has 0 heterocycles. The molecule has 0 aliphatic rings. The molecule has 0 unspecified atom stereocenters. The van der Waals surface area contributed by atoms with Crippen molar-refractivity contribution in [1.82, 2.24) is 0 Å². The molecule has 0 saturated carbocycles. The minimum atomic E-state index is 0. The van der Waals surface area contributed by atoms with Crippen LogP contribution in [0, 0.1) is 0 Å². The van der Waals surface area contributed by atoms with Crippen LogP contribution in [0.1, 0.15) is 17.8 Å². The van der Waals surface area contributed by atoms with E-state index in [2.05, 4.69) is 0 Å². The summed E-state index contributed by atoms with van der Waals surface area (Å²) in [6, 6.07) is 6.76. The van der Waals surface area contributed by atoms with E-state index < -0.39 is 0 Å². The molecular weight excluding hydrogens is 126 g/mol. The summed E-state index contributed by atoms with van der Waals surface area (Å²) in [5.41, 5.74) is 6.70. The van der Waals surface area contributed by atoms with Crippen molar-refractivity contribution in [3.63, 3.8) is 0 Å². The molecule has 0 fully saturated rings. The maximum Gasteiger partial charge on any atom is 0.150 e. The number of hydrogen-bond acceptors (Lipinski definition) is 2. The van der Waals surface area contributed by atoms with Gasteiger partial charge in [-0.2, -0.15) is 0 Å². The van der Waals surface area contributed by atoms with E-state index in [4.69, 9.17) is 5.73 Å². The summed E-state index contributed by atoms with van der Waals surface area (Å²) in [5.74, 6) is 0. The Bertz CT molecular complexity index is 203. The molecule has 1 aromatic rings. The van der Waals surface area contributed by atoms with E-state index in [1.807, 2.05) is 0 Å². The monoisotopic (exact) mass is 137 g/mol. The summed E-state index contributed by atoms with van der Waals surface area (Å²) < 4.78 is 0. The molecule has 10 heavy (non-hydrogen) atoms. The number of aldehydes is 1. The second-order valence-electron chi connectivity index (χ2n) is 1.78. The third kappa shape index (κ3) is 1.90. The standard InChI is InChI=1S/C7H7NO.CH4/c8-7-3-1-6(5-9)2-4-7;/h1-5H,8H2;1H4. The van der Waals surface area contributed by atoms with Gasteiger partial charge in [0.25, 0.3) is 0 Å². The number of hydrogen-bond donors (Lipinski definition) is 1. The number of carbonyl (C=O) groups is 1. The minimum absolute atomic E-state index is 0. The summed E-state index contributed by atoms with van der Waals surface area (Å²) in [6.45, 7) is 0. The van der Waals surface area contributed by atoms with Gasteiger partial charge in [-0.25, -0.2) is 0 Å². The molecule has 1 rings (SSSR count). The number of benzene rings is 1. The van der Waals surface area contributed by atoms with Gasteiger partial charge in [0.1, 0.15) is 6.29 Å². The molecule has 2 heteroatoms. The molecule has 0 saturated heterocycles. The Hall–Kier alpha value is -1.31. The first-order valence-electron chi connectivity index (χ1n) is 2.63. The highest BCUT2D eigenvalue weighted by atomic mass is 16.1. The van der Waals surface area contributed by atoms with E-state index in [0.29, 0.717) is 11.3 Å². The SMILES string of the molecule is C.Nc1ccc(C=O)cc1. The lowest BCUT2D eigenvalue weighted by molar-refractivity contribution is 0.112. The van der Waals surface area contributed by atoms with Crippen LogP contribution in [0.5, 0.6) is 0 Å².